The average Bonchev–Trinajstić information content (AvgIpc) is 2.59. The van der Waals surface area contributed by atoms with Crippen LogP contribution in [0.15, 0.2) is 23.1 Å². The molecule has 1 aromatic carbocycles. The zero-order chi connectivity index (χ0) is 15.8. The predicted octanol–water partition coefficient (Wildman–Crippen LogP) is 4.45. The molecule has 2 rings (SSSR count). The van der Waals surface area contributed by atoms with Crippen molar-refractivity contribution in [1.29, 1.82) is 0 Å². The standard InChI is InChI=1S/C18H29NO2S/c1-4-19(15-8-6-5-7-9-15)12-13-22-16-10-11-17(20-2)18(14-16)21-3/h10-11,14-15H,4-9,12-13H2,1-3H3. The Balaban J connectivity index is 1.84. The maximum Gasteiger partial charge on any atom is 0.161 e. The summed E-state index contributed by atoms with van der Waals surface area (Å²) >= 11 is 1.90. The van der Waals surface area contributed by atoms with Crippen molar-refractivity contribution in [3.63, 3.8) is 0 Å². The smallest absolute Gasteiger partial charge is 0.161 e. The molecule has 3 nitrogen and oxygen atoms in total. The Morgan fingerprint density at radius 3 is 2.45 bits per heavy atom. The number of ether oxygens (including phenoxy) is 2. The minimum Gasteiger partial charge on any atom is -0.493 e. The van der Waals surface area contributed by atoms with Gasteiger partial charge in [-0.1, -0.05) is 26.2 Å². The summed E-state index contributed by atoms with van der Waals surface area (Å²) in [6.07, 6.45) is 7.01. The van der Waals surface area contributed by atoms with E-state index >= 15 is 0 Å². The van der Waals surface area contributed by atoms with Gasteiger partial charge in [0.05, 0.1) is 14.2 Å². The molecule has 4 heteroatoms. The Labute approximate surface area is 139 Å². The van der Waals surface area contributed by atoms with Gasteiger partial charge < -0.3 is 9.47 Å². The van der Waals surface area contributed by atoms with E-state index in [0.29, 0.717) is 0 Å². The van der Waals surface area contributed by atoms with Crippen LogP contribution >= 0.6 is 11.8 Å². The van der Waals surface area contributed by atoms with E-state index in [4.69, 9.17) is 9.47 Å². The highest BCUT2D eigenvalue weighted by Gasteiger charge is 2.19. The lowest BCUT2D eigenvalue weighted by atomic mass is 9.94. The van der Waals surface area contributed by atoms with E-state index < -0.39 is 0 Å². The molecule has 1 aliphatic carbocycles. The maximum atomic E-state index is 5.37. The lowest BCUT2D eigenvalue weighted by Gasteiger charge is -2.33. The Bertz CT molecular complexity index is 447. The van der Waals surface area contributed by atoms with Crippen molar-refractivity contribution in [3.05, 3.63) is 18.2 Å². The SMILES string of the molecule is CCN(CCSc1ccc(OC)c(OC)c1)C1CCCCC1. The molecule has 0 aromatic heterocycles. The van der Waals surface area contributed by atoms with Crippen molar-refractivity contribution in [2.24, 2.45) is 0 Å². The normalized spacial score (nSPS) is 16.0. The Kier molecular flexibility index (Phi) is 7.40. The second-order valence-electron chi connectivity index (χ2n) is 5.79. The van der Waals surface area contributed by atoms with Gasteiger partial charge in [0, 0.05) is 23.2 Å². The molecule has 1 aromatic rings. The monoisotopic (exact) mass is 323 g/mol. The van der Waals surface area contributed by atoms with E-state index in [1.54, 1.807) is 14.2 Å². The number of nitrogens with zero attached hydrogens (tertiary/aromatic N) is 1. The molecule has 124 valence electrons. The third-order valence-electron chi connectivity index (χ3n) is 4.50. The van der Waals surface area contributed by atoms with E-state index in [0.717, 1.165) is 29.8 Å². The number of rotatable bonds is 8. The number of hydrogen-bond acceptors (Lipinski definition) is 4. The van der Waals surface area contributed by atoms with Crippen LogP contribution in [0.2, 0.25) is 0 Å². The third-order valence-corrected chi connectivity index (χ3v) is 5.47. The maximum absolute atomic E-state index is 5.37. The minimum atomic E-state index is 0.796. The molecule has 1 fully saturated rings. The summed E-state index contributed by atoms with van der Waals surface area (Å²) in [5.41, 5.74) is 0. The molecule has 1 saturated carbocycles. The second kappa shape index (κ2) is 9.31. The van der Waals surface area contributed by atoms with Gasteiger partial charge in [-0.2, -0.15) is 0 Å². The molecule has 1 aliphatic rings. The van der Waals surface area contributed by atoms with Crippen LogP contribution in [0.4, 0.5) is 0 Å². The number of hydrogen-bond donors (Lipinski definition) is 0. The molecule has 0 N–H and O–H groups in total. The number of benzene rings is 1. The van der Waals surface area contributed by atoms with Gasteiger partial charge in [-0.25, -0.2) is 0 Å². The van der Waals surface area contributed by atoms with Gasteiger partial charge in [-0.05, 0) is 37.6 Å². The van der Waals surface area contributed by atoms with E-state index in [9.17, 15) is 0 Å². The van der Waals surface area contributed by atoms with Crippen molar-refractivity contribution in [2.75, 3.05) is 33.1 Å². The summed E-state index contributed by atoms with van der Waals surface area (Å²) in [6, 6.07) is 6.98. The van der Waals surface area contributed by atoms with E-state index in [2.05, 4.69) is 24.0 Å². The Hall–Kier alpha value is -0.870. The summed E-state index contributed by atoms with van der Waals surface area (Å²) < 4.78 is 10.7. The van der Waals surface area contributed by atoms with Crippen molar-refractivity contribution in [3.8, 4) is 11.5 Å². The van der Waals surface area contributed by atoms with E-state index in [1.807, 2.05) is 17.8 Å². The van der Waals surface area contributed by atoms with Gasteiger partial charge in [0.2, 0.25) is 0 Å². The highest BCUT2D eigenvalue weighted by molar-refractivity contribution is 7.99. The van der Waals surface area contributed by atoms with Gasteiger partial charge in [0.1, 0.15) is 0 Å². The fourth-order valence-corrected chi connectivity index (χ4v) is 4.15. The van der Waals surface area contributed by atoms with Crippen LogP contribution in [0.25, 0.3) is 0 Å². The fraction of sp³-hybridized carbons (Fsp3) is 0.667. The molecule has 0 aliphatic heterocycles. The van der Waals surface area contributed by atoms with Crippen LogP contribution in [0.1, 0.15) is 39.0 Å². The van der Waals surface area contributed by atoms with Gasteiger partial charge in [-0.15, -0.1) is 11.8 Å². The summed E-state index contributed by atoms with van der Waals surface area (Å²) in [4.78, 5) is 3.91. The first-order valence-electron chi connectivity index (χ1n) is 8.37. The second-order valence-corrected chi connectivity index (χ2v) is 6.95. The zero-order valence-electron chi connectivity index (χ0n) is 14.1. The zero-order valence-corrected chi connectivity index (χ0v) is 15.0. The molecule has 0 amide bonds. The molecule has 0 unspecified atom stereocenters. The van der Waals surface area contributed by atoms with Crippen molar-refractivity contribution in [2.45, 2.75) is 50.0 Å². The van der Waals surface area contributed by atoms with Crippen LogP contribution in [0.3, 0.4) is 0 Å². The first-order valence-corrected chi connectivity index (χ1v) is 9.36. The first kappa shape index (κ1) is 17.5. The molecule has 0 heterocycles. The molecule has 0 atom stereocenters. The third kappa shape index (κ3) is 4.82. The summed E-state index contributed by atoms with van der Waals surface area (Å²) in [7, 11) is 3.36. The Morgan fingerprint density at radius 2 is 1.82 bits per heavy atom. The lowest BCUT2D eigenvalue weighted by molar-refractivity contribution is 0.173. The van der Waals surface area contributed by atoms with Crippen molar-refractivity contribution < 1.29 is 9.47 Å². The minimum absolute atomic E-state index is 0.796. The topological polar surface area (TPSA) is 21.7 Å². The van der Waals surface area contributed by atoms with E-state index in [-0.39, 0.29) is 0 Å². The summed E-state index contributed by atoms with van der Waals surface area (Å²) in [5, 5.41) is 0. The fourth-order valence-electron chi connectivity index (χ4n) is 3.23. The molecular formula is C18H29NO2S. The van der Waals surface area contributed by atoms with Crippen LogP contribution < -0.4 is 9.47 Å². The molecule has 0 spiro atoms. The van der Waals surface area contributed by atoms with Crippen LogP contribution in [-0.4, -0.2) is 44.0 Å². The van der Waals surface area contributed by atoms with Crippen LogP contribution in [0.5, 0.6) is 11.5 Å². The molecule has 0 bridgehead atoms. The van der Waals surface area contributed by atoms with Crippen LogP contribution in [-0.2, 0) is 0 Å². The number of thioether (sulfide) groups is 1. The quantitative estimate of drug-likeness (QED) is 0.659. The van der Waals surface area contributed by atoms with Gasteiger partial charge >= 0.3 is 0 Å². The van der Waals surface area contributed by atoms with Crippen LogP contribution in [0, 0.1) is 0 Å². The average molecular weight is 324 g/mol. The van der Waals surface area contributed by atoms with Gasteiger partial charge in [0.15, 0.2) is 11.5 Å². The van der Waals surface area contributed by atoms with E-state index in [1.165, 1.54) is 43.5 Å². The highest BCUT2D eigenvalue weighted by Crippen LogP contribution is 2.32. The number of methoxy groups -OCH3 is 2. The first-order chi connectivity index (χ1) is 10.8. The molecular weight excluding hydrogens is 294 g/mol. The van der Waals surface area contributed by atoms with Gasteiger partial charge in [0.25, 0.3) is 0 Å². The van der Waals surface area contributed by atoms with Crippen molar-refractivity contribution >= 4 is 11.8 Å². The Morgan fingerprint density at radius 1 is 1.09 bits per heavy atom. The summed E-state index contributed by atoms with van der Waals surface area (Å²) in [5.74, 6) is 2.73. The lowest BCUT2D eigenvalue weighted by Crippen LogP contribution is -2.38. The molecule has 22 heavy (non-hydrogen) atoms. The predicted molar refractivity (Wildman–Crippen MR) is 94.4 cm³/mol. The van der Waals surface area contributed by atoms with Crippen molar-refractivity contribution in [1.82, 2.24) is 4.90 Å². The highest BCUT2D eigenvalue weighted by atomic mass is 32.2. The molecule has 0 radical (unpaired) electrons. The molecule has 0 saturated heterocycles. The largest absolute Gasteiger partial charge is 0.493 e. The summed E-state index contributed by atoms with van der Waals surface area (Å²) in [6.45, 7) is 4.62. The van der Waals surface area contributed by atoms with Gasteiger partial charge in [-0.3, -0.25) is 4.90 Å².